The van der Waals surface area contributed by atoms with Gasteiger partial charge in [-0.3, -0.25) is 18.7 Å². The van der Waals surface area contributed by atoms with E-state index in [1.807, 2.05) is 0 Å². The molecule has 0 saturated heterocycles. The van der Waals surface area contributed by atoms with Crippen molar-refractivity contribution in [3.63, 3.8) is 0 Å². The highest BCUT2D eigenvalue weighted by Gasteiger charge is 2.32. The second kappa shape index (κ2) is 21.5. The standard InChI is InChI=1S/C80H66N8/c1-5-59-49-55-29-21-25-41-71(55)81(59)85(63-33-13-9-14-34-63)75-53-76(86(64-35-15-10-16-36-64)82-60(6-2)50-56-30-22-26-42-72(56)82)68-47-48-70-78(88(66-39-19-12-20-40-66)84-62(8-4)52-58-32-24-28-44-74(58)84)54-77(69-46-45-67(75)79(68)80(69)70)87(65-37-17-11-18-38-65)83-61(7-3)51-57-31-23-27-43-73(57)83/h9-54H,5-8H2,1-4H3. The van der Waals surface area contributed by atoms with Crippen LogP contribution < -0.4 is 20.0 Å². The Balaban J connectivity index is 1.14. The molecule has 0 amide bonds. The first kappa shape index (κ1) is 52.6. The molecular weight excluding hydrogens is 1070 g/mol. The normalized spacial score (nSPS) is 11.8. The lowest BCUT2D eigenvalue weighted by atomic mass is 9.90. The van der Waals surface area contributed by atoms with Gasteiger partial charge in [0, 0.05) is 76.6 Å². The van der Waals surface area contributed by atoms with Crippen LogP contribution in [0.1, 0.15) is 50.5 Å². The van der Waals surface area contributed by atoms with Crippen molar-refractivity contribution in [3.05, 3.63) is 302 Å². The predicted molar refractivity (Wildman–Crippen MR) is 371 cm³/mol. The minimum atomic E-state index is 0.821. The van der Waals surface area contributed by atoms with E-state index in [4.69, 9.17) is 0 Å². The van der Waals surface area contributed by atoms with Gasteiger partial charge in [0.1, 0.15) is 0 Å². The maximum absolute atomic E-state index is 2.50. The summed E-state index contributed by atoms with van der Waals surface area (Å²) in [6.07, 6.45) is 3.28. The van der Waals surface area contributed by atoms with E-state index >= 15 is 0 Å². The molecule has 0 unspecified atom stereocenters. The van der Waals surface area contributed by atoms with E-state index in [0.717, 1.165) is 115 Å². The van der Waals surface area contributed by atoms with Gasteiger partial charge in [-0.25, -0.2) is 20.0 Å². The molecule has 12 aromatic carbocycles. The highest BCUT2D eigenvalue weighted by atomic mass is 15.6. The fraction of sp³-hybridized carbons (Fsp3) is 0.100. The van der Waals surface area contributed by atoms with Gasteiger partial charge in [0.2, 0.25) is 0 Å². The first-order valence-electron chi connectivity index (χ1n) is 31.1. The Labute approximate surface area is 512 Å². The Morgan fingerprint density at radius 1 is 0.227 bits per heavy atom. The Bertz CT molecular complexity index is 4580. The smallest absolute Gasteiger partial charge is 0.0737 e. The van der Waals surface area contributed by atoms with Crippen molar-refractivity contribution in [2.24, 2.45) is 0 Å². The molecule has 0 aliphatic rings. The molecule has 16 rings (SSSR count). The second-order valence-corrected chi connectivity index (χ2v) is 22.9. The number of aryl methyl sites for hydroxylation is 4. The van der Waals surface area contributed by atoms with Crippen molar-refractivity contribution in [2.45, 2.75) is 53.4 Å². The fourth-order valence-electron chi connectivity index (χ4n) is 14.1. The molecule has 0 radical (unpaired) electrons. The van der Waals surface area contributed by atoms with Crippen LogP contribution in [-0.4, -0.2) is 18.7 Å². The Morgan fingerprint density at radius 3 is 0.648 bits per heavy atom. The summed E-state index contributed by atoms with van der Waals surface area (Å²) in [5.41, 5.74) is 17.8. The van der Waals surface area contributed by atoms with Crippen molar-refractivity contribution in [2.75, 3.05) is 20.0 Å². The molecule has 0 fully saturated rings. The van der Waals surface area contributed by atoms with Crippen molar-refractivity contribution in [3.8, 4) is 0 Å². The molecular formula is C80H66N8. The molecule has 0 N–H and O–H groups in total. The lowest BCUT2D eigenvalue weighted by molar-refractivity contribution is 0.785. The van der Waals surface area contributed by atoms with Crippen LogP contribution in [0.25, 0.3) is 75.9 Å². The SMILES string of the molecule is CCc1cc2ccccc2n1N(c1ccccc1)c1cc(N(c2ccccc2)n2c(CC)cc3ccccc32)c2ccc3c(N(c4ccccc4)n4c(CC)cc5ccccc54)cc(N(c4ccccc4)n4c(CC)cc5ccccc54)c4ccc1c2c43. The Kier molecular flexibility index (Phi) is 12.9. The van der Waals surface area contributed by atoms with E-state index in [1.54, 1.807) is 0 Å². The lowest BCUT2D eigenvalue weighted by Crippen LogP contribution is -2.29. The molecule has 0 spiro atoms. The van der Waals surface area contributed by atoms with E-state index in [2.05, 4.69) is 345 Å². The van der Waals surface area contributed by atoms with Crippen LogP contribution in [0.2, 0.25) is 0 Å². The largest absolute Gasteiger partial charge is 0.253 e. The number of nitrogens with zero attached hydrogens (tertiary/aromatic N) is 8. The maximum Gasteiger partial charge on any atom is 0.0737 e. The zero-order valence-corrected chi connectivity index (χ0v) is 50.0. The molecule has 88 heavy (non-hydrogen) atoms. The van der Waals surface area contributed by atoms with E-state index in [0.29, 0.717) is 0 Å². The topological polar surface area (TPSA) is 32.7 Å². The van der Waals surface area contributed by atoms with Crippen molar-refractivity contribution < 1.29 is 0 Å². The van der Waals surface area contributed by atoms with Crippen LogP contribution in [0.5, 0.6) is 0 Å². The van der Waals surface area contributed by atoms with Gasteiger partial charge in [-0.2, -0.15) is 0 Å². The van der Waals surface area contributed by atoms with Crippen LogP contribution >= 0.6 is 0 Å². The number of aromatic nitrogens is 4. The molecule has 0 aliphatic heterocycles. The number of fused-ring (bicyclic) bond motifs is 4. The molecule has 4 heterocycles. The first-order chi connectivity index (χ1) is 43.5. The fourth-order valence-corrected chi connectivity index (χ4v) is 14.1. The molecule has 0 saturated carbocycles. The van der Waals surface area contributed by atoms with E-state index in [1.165, 1.54) is 55.1 Å². The van der Waals surface area contributed by atoms with Crippen molar-refractivity contribution in [1.82, 2.24) is 18.7 Å². The summed E-state index contributed by atoms with van der Waals surface area (Å²) in [5.74, 6) is 0. The van der Waals surface area contributed by atoms with Crippen molar-refractivity contribution in [1.29, 1.82) is 0 Å². The summed E-state index contributed by atoms with van der Waals surface area (Å²) in [6, 6.07) is 104. The highest BCUT2D eigenvalue weighted by Crippen LogP contribution is 2.53. The second-order valence-electron chi connectivity index (χ2n) is 22.9. The van der Waals surface area contributed by atoms with Gasteiger partial charge in [-0.15, -0.1) is 0 Å². The predicted octanol–water partition coefficient (Wildman–Crippen LogP) is 21.1. The Hall–Kier alpha value is -11.0. The third kappa shape index (κ3) is 8.27. The monoisotopic (exact) mass is 1140 g/mol. The molecule has 16 aromatic rings. The van der Waals surface area contributed by atoms with Gasteiger partial charge < -0.3 is 0 Å². The molecule has 0 atom stereocenters. The van der Waals surface area contributed by atoms with Crippen LogP contribution in [0.4, 0.5) is 45.5 Å². The third-order valence-electron chi connectivity index (χ3n) is 18.0. The summed E-state index contributed by atoms with van der Waals surface area (Å²) in [4.78, 5) is 0. The van der Waals surface area contributed by atoms with Crippen LogP contribution in [0.3, 0.4) is 0 Å². The quantitative estimate of drug-likeness (QED) is 0.0903. The van der Waals surface area contributed by atoms with Gasteiger partial charge in [0.05, 0.1) is 67.6 Å². The summed E-state index contributed by atoms with van der Waals surface area (Å²) < 4.78 is 9.92. The van der Waals surface area contributed by atoms with Crippen LogP contribution in [-0.2, 0) is 25.7 Å². The minimum Gasteiger partial charge on any atom is -0.253 e. The summed E-state index contributed by atoms with van der Waals surface area (Å²) >= 11 is 0. The van der Waals surface area contributed by atoms with Gasteiger partial charge in [0.25, 0.3) is 0 Å². The van der Waals surface area contributed by atoms with Gasteiger partial charge in [0.15, 0.2) is 0 Å². The number of rotatable bonds is 16. The van der Waals surface area contributed by atoms with E-state index in [-0.39, 0.29) is 0 Å². The molecule has 4 aromatic heterocycles. The minimum absolute atomic E-state index is 0.821. The van der Waals surface area contributed by atoms with Crippen molar-refractivity contribution >= 4 is 121 Å². The molecule has 8 heteroatoms. The zero-order chi connectivity index (χ0) is 59.0. The number of benzene rings is 12. The average Bonchev–Trinajstić information content (AvgIpc) is 0.785. The summed E-state index contributed by atoms with van der Waals surface area (Å²) in [5, 5.41) is 21.6. The van der Waals surface area contributed by atoms with Gasteiger partial charge in [-0.05, 0) is 135 Å². The van der Waals surface area contributed by atoms with Gasteiger partial charge in [-0.1, -0.05) is 198 Å². The number of hydrogen-bond donors (Lipinski definition) is 0. The maximum atomic E-state index is 2.50. The molecule has 0 aliphatic carbocycles. The molecule has 0 bridgehead atoms. The van der Waals surface area contributed by atoms with E-state index < -0.39 is 0 Å². The third-order valence-corrected chi connectivity index (χ3v) is 18.0. The summed E-state index contributed by atoms with van der Waals surface area (Å²) in [6.45, 7) is 9.11. The van der Waals surface area contributed by atoms with Crippen LogP contribution in [0, 0.1) is 0 Å². The number of para-hydroxylation sites is 8. The van der Waals surface area contributed by atoms with E-state index in [9.17, 15) is 0 Å². The number of hydrogen-bond acceptors (Lipinski definition) is 4. The summed E-state index contributed by atoms with van der Waals surface area (Å²) in [7, 11) is 0. The first-order valence-corrected chi connectivity index (χ1v) is 31.1. The Morgan fingerprint density at radius 2 is 0.432 bits per heavy atom. The molecule has 426 valence electrons. The average molecular weight is 1140 g/mol. The van der Waals surface area contributed by atoms with Crippen LogP contribution in [0.15, 0.2) is 279 Å². The number of anilines is 8. The lowest BCUT2D eigenvalue weighted by Gasteiger charge is -2.36. The highest BCUT2D eigenvalue weighted by molar-refractivity contribution is 6.32. The molecule has 8 nitrogen and oxygen atoms in total. The van der Waals surface area contributed by atoms with Gasteiger partial charge >= 0.3 is 0 Å². The zero-order valence-electron chi connectivity index (χ0n) is 50.0.